The van der Waals surface area contributed by atoms with Crippen LogP contribution in [0.5, 0.6) is 0 Å². The average molecular weight is 305 g/mol. The van der Waals surface area contributed by atoms with E-state index in [0.717, 1.165) is 19.7 Å². The zero-order chi connectivity index (χ0) is 12.3. The molecule has 0 aliphatic rings. The second kappa shape index (κ2) is 5.05. The molecule has 0 atom stereocenters. The number of rotatable bonds is 2. The Labute approximate surface area is 110 Å². The van der Waals surface area contributed by atoms with Gasteiger partial charge >= 0.3 is 0 Å². The molecule has 0 spiro atoms. The van der Waals surface area contributed by atoms with E-state index >= 15 is 0 Å². The lowest BCUT2D eigenvalue weighted by Crippen LogP contribution is -1.89. The SMILES string of the molecule is N#CC(C#N)=NCc1nc2ccc(Br)cc2s1. The number of nitriles is 2. The Hall–Kier alpha value is -1.76. The molecule has 82 valence electrons. The average Bonchev–Trinajstić information content (AvgIpc) is 2.72. The van der Waals surface area contributed by atoms with Gasteiger partial charge in [-0.2, -0.15) is 10.5 Å². The Morgan fingerprint density at radius 1 is 1.41 bits per heavy atom. The molecule has 0 aliphatic heterocycles. The predicted octanol–water partition coefficient (Wildman–Crippen LogP) is 3.05. The highest BCUT2D eigenvalue weighted by Gasteiger charge is 2.04. The van der Waals surface area contributed by atoms with E-state index in [1.54, 1.807) is 12.1 Å². The van der Waals surface area contributed by atoms with E-state index < -0.39 is 0 Å². The topological polar surface area (TPSA) is 72.8 Å². The van der Waals surface area contributed by atoms with Crippen molar-refractivity contribution < 1.29 is 0 Å². The van der Waals surface area contributed by atoms with Gasteiger partial charge in [-0.3, -0.25) is 4.99 Å². The lowest BCUT2D eigenvalue weighted by Gasteiger charge is -1.86. The number of nitrogens with zero attached hydrogens (tertiary/aromatic N) is 4. The monoisotopic (exact) mass is 304 g/mol. The van der Waals surface area contributed by atoms with Crippen LogP contribution < -0.4 is 0 Å². The predicted molar refractivity (Wildman–Crippen MR) is 69.7 cm³/mol. The van der Waals surface area contributed by atoms with Crippen molar-refractivity contribution in [3.63, 3.8) is 0 Å². The van der Waals surface area contributed by atoms with Gasteiger partial charge in [-0.1, -0.05) is 15.9 Å². The molecule has 1 aromatic heterocycles. The van der Waals surface area contributed by atoms with Crippen molar-refractivity contribution in [2.75, 3.05) is 0 Å². The van der Waals surface area contributed by atoms with Crippen LogP contribution in [0.4, 0.5) is 0 Å². The normalized spacial score (nSPS) is 9.59. The third kappa shape index (κ3) is 2.68. The van der Waals surface area contributed by atoms with Crippen LogP contribution in [0.3, 0.4) is 0 Å². The highest BCUT2D eigenvalue weighted by atomic mass is 79.9. The number of halogens is 1. The molecule has 0 unspecified atom stereocenters. The van der Waals surface area contributed by atoms with Crippen LogP contribution in [0.25, 0.3) is 10.2 Å². The maximum absolute atomic E-state index is 8.55. The van der Waals surface area contributed by atoms with Crippen molar-refractivity contribution in [2.45, 2.75) is 6.54 Å². The lowest BCUT2D eigenvalue weighted by molar-refractivity contribution is 1.05. The minimum Gasteiger partial charge on any atom is -0.257 e. The molecule has 4 nitrogen and oxygen atoms in total. The van der Waals surface area contributed by atoms with Gasteiger partial charge in [0, 0.05) is 4.47 Å². The summed E-state index contributed by atoms with van der Waals surface area (Å²) in [4.78, 5) is 8.25. The lowest BCUT2D eigenvalue weighted by atomic mass is 10.3. The number of hydrogen-bond donors (Lipinski definition) is 0. The second-order valence-electron chi connectivity index (χ2n) is 3.11. The number of thiazole rings is 1. The van der Waals surface area contributed by atoms with E-state index in [0.29, 0.717) is 0 Å². The molecular weight excluding hydrogens is 300 g/mol. The third-order valence-electron chi connectivity index (χ3n) is 1.98. The molecule has 2 rings (SSSR count). The summed E-state index contributed by atoms with van der Waals surface area (Å²) in [5, 5.41) is 17.9. The van der Waals surface area contributed by atoms with E-state index in [1.807, 2.05) is 18.2 Å². The molecule has 0 saturated carbocycles. The molecule has 1 heterocycles. The summed E-state index contributed by atoms with van der Waals surface area (Å²) in [6.07, 6.45) is 0. The maximum Gasteiger partial charge on any atom is 0.213 e. The zero-order valence-electron chi connectivity index (χ0n) is 8.51. The molecule has 0 amide bonds. The quantitative estimate of drug-likeness (QED) is 0.800. The van der Waals surface area contributed by atoms with Gasteiger partial charge < -0.3 is 0 Å². The third-order valence-corrected chi connectivity index (χ3v) is 3.48. The largest absolute Gasteiger partial charge is 0.257 e. The van der Waals surface area contributed by atoms with E-state index in [4.69, 9.17) is 10.5 Å². The fourth-order valence-electron chi connectivity index (χ4n) is 1.26. The Balaban J connectivity index is 2.30. The van der Waals surface area contributed by atoms with Crippen molar-refractivity contribution >= 4 is 43.2 Å². The minimum atomic E-state index is -0.120. The van der Waals surface area contributed by atoms with E-state index in [-0.39, 0.29) is 12.3 Å². The van der Waals surface area contributed by atoms with Crippen molar-refractivity contribution in [3.05, 3.63) is 27.7 Å². The van der Waals surface area contributed by atoms with Crippen LogP contribution >= 0.6 is 27.3 Å². The van der Waals surface area contributed by atoms with E-state index in [2.05, 4.69) is 25.9 Å². The van der Waals surface area contributed by atoms with Gasteiger partial charge in [0.25, 0.3) is 0 Å². The fourth-order valence-corrected chi connectivity index (χ4v) is 2.70. The van der Waals surface area contributed by atoms with Crippen LogP contribution in [0.2, 0.25) is 0 Å². The second-order valence-corrected chi connectivity index (χ2v) is 5.14. The summed E-state index contributed by atoms with van der Waals surface area (Å²) >= 11 is 4.90. The molecule has 0 N–H and O–H groups in total. The summed E-state index contributed by atoms with van der Waals surface area (Å²) in [7, 11) is 0. The van der Waals surface area contributed by atoms with Gasteiger partial charge in [0.1, 0.15) is 17.1 Å². The molecule has 0 saturated heterocycles. The molecule has 0 bridgehead atoms. The minimum absolute atomic E-state index is 0.120. The Morgan fingerprint density at radius 2 is 2.18 bits per heavy atom. The highest BCUT2D eigenvalue weighted by Crippen LogP contribution is 2.25. The first-order valence-electron chi connectivity index (χ1n) is 4.62. The van der Waals surface area contributed by atoms with Crippen LogP contribution in [-0.2, 0) is 6.54 Å². The Kier molecular flexibility index (Phi) is 3.48. The molecule has 1 aromatic carbocycles. The van der Waals surface area contributed by atoms with E-state index in [9.17, 15) is 0 Å². The first-order chi connectivity index (χ1) is 8.22. The number of hydrogen-bond acceptors (Lipinski definition) is 5. The summed E-state index contributed by atoms with van der Waals surface area (Å²) in [6, 6.07) is 9.27. The number of benzene rings is 1. The molecule has 6 heteroatoms. The highest BCUT2D eigenvalue weighted by molar-refractivity contribution is 9.10. The fraction of sp³-hybridized carbons (Fsp3) is 0.0909. The number of aliphatic imine (C=N–C) groups is 1. The number of fused-ring (bicyclic) bond motifs is 1. The zero-order valence-corrected chi connectivity index (χ0v) is 10.9. The smallest absolute Gasteiger partial charge is 0.213 e. The standard InChI is InChI=1S/C11H5BrN4S/c12-7-1-2-9-10(3-7)17-11(16-9)6-15-8(4-13)5-14/h1-3H,6H2. The number of aromatic nitrogens is 1. The first-order valence-corrected chi connectivity index (χ1v) is 6.23. The van der Waals surface area contributed by atoms with Gasteiger partial charge in [-0.25, -0.2) is 4.98 Å². The van der Waals surface area contributed by atoms with Gasteiger partial charge in [0.15, 0.2) is 0 Å². The van der Waals surface area contributed by atoms with Crippen molar-refractivity contribution in [1.82, 2.24) is 4.98 Å². The molecule has 0 radical (unpaired) electrons. The first kappa shape index (κ1) is 11.7. The maximum atomic E-state index is 8.55. The van der Waals surface area contributed by atoms with Crippen LogP contribution in [-0.4, -0.2) is 10.7 Å². The van der Waals surface area contributed by atoms with Crippen LogP contribution in [0.1, 0.15) is 5.01 Å². The summed E-state index contributed by atoms with van der Waals surface area (Å²) < 4.78 is 2.05. The summed E-state index contributed by atoms with van der Waals surface area (Å²) in [5.74, 6) is 0. The van der Waals surface area contributed by atoms with Crippen molar-refractivity contribution in [1.29, 1.82) is 10.5 Å². The molecule has 0 aliphatic carbocycles. The van der Waals surface area contributed by atoms with Crippen LogP contribution in [0, 0.1) is 22.7 Å². The molecule has 0 fully saturated rings. The van der Waals surface area contributed by atoms with Gasteiger partial charge in [0.2, 0.25) is 5.71 Å². The Morgan fingerprint density at radius 3 is 2.88 bits per heavy atom. The van der Waals surface area contributed by atoms with Crippen molar-refractivity contribution in [2.24, 2.45) is 4.99 Å². The van der Waals surface area contributed by atoms with Gasteiger partial charge in [0.05, 0.1) is 16.8 Å². The van der Waals surface area contributed by atoms with Crippen LogP contribution in [0.15, 0.2) is 27.7 Å². The van der Waals surface area contributed by atoms with E-state index in [1.165, 1.54) is 11.3 Å². The van der Waals surface area contributed by atoms with Gasteiger partial charge in [-0.15, -0.1) is 11.3 Å². The Bertz CT molecular complexity index is 659. The van der Waals surface area contributed by atoms with Crippen molar-refractivity contribution in [3.8, 4) is 12.1 Å². The molecule has 2 aromatic rings. The molecule has 17 heavy (non-hydrogen) atoms. The summed E-state index contributed by atoms with van der Waals surface area (Å²) in [6.45, 7) is 0.271. The summed E-state index contributed by atoms with van der Waals surface area (Å²) in [5.41, 5.74) is 0.782. The molecular formula is C11H5BrN4S. The van der Waals surface area contributed by atoms with Gasteiger partial charge in [-0.05, 0) is 18.2 Å².